The number of halogens is 1. The average molecular weight is 179 g/mol. The first-order valence-electron chi connectivity index (χ1n) is 4.36. The first-order valence-corrected chi connectivity index (χ1v) is 4.89. The number of ether oxygens (including phenoxy) is 1. The SMILES string of the molecule is COCCCCCC(C)CCl. The molecule has 0 saturated heterocycles. The molecular weight excluding hydrogens is 160 g/mol. The lowest BCUT2D eigenvalue weighted by atomic mass is 10.1. The van der Waals surface area contributed by atoms with Crippen LogP contribution in [0.5, 0.6) is 0 Å². The van der Waals surface area contributed by atoms with Crippen LogP contribution < -0.4 is 0 Å². The van der Waals surface area contributed by atoms with Crippen molar-refractivity contribution in [2.24, 2.45) is 5.92 Å². The fourth-order valence-electron chi connectivity index (χ4n) is 0.993. The molecule has 0 aliphatic carbocycles. The van der Waals surface area contributed by atoms with Crippen LogP contribution in [0.15, 0.2) is 0 Å². The maximum absolute atomic E-state index is 5.67. The van der Waals surface area contributed by atoms with Gasteiger partial charge in [-0.05, 0) is 18.8 Å². The van der Waals surface area contributed by atoms with E-state index in [2.05, 4.69) is 6.92 Å². The number of rotatable bonds is 7. The monoisotopic (exact) mass is 178 g/mol. The minimum atomic E-state index is 0.680. The Balaban J connectivity index is 2.89. The van der Waals surface area contributed by atoms with Crippen molar-refractivity contribution in [3.63, 3.8) is 0 Å². The number of methoxy groups -OCH3 is 1. The van der Waals surface area contributed by atoms with Gasteiger partial charge in [0.05, 0.1) is 0 Å². The molecule has 0 spiro atoms. The van der Waals surface area contributed by atoms with Crippen LogP contribution in [-0.4, -0.2) is 19.6 Å². The van der Waals surface area contributed by atoms with E-state index in [-0.39, 0.29) is 0 Å². The van der Waals surface area contributed by atoms with Gasteiger partial charge in [0, 0.05) is 19.6 Å². The number of unbranched alkanes of at least 4 members (excludes halogenated alkanes) is 2. The van der Waals surface area contributed by atoms with E-state index in [0.29, 0.717) is 5.92 Å². The molecule has 68 valence electrons. The Morgan fingerprint density at radius 2 is 2.00 bits per heavy atom. The van der Waals surface area contributed by atoms with Crippen molar-refractivity contribution in [2.75, 3.05) is 19.6 Å². The summed E-state index contributed by atoms with van der Waals surface area (Å²) in [6, 6.07) is 0. The summed E-state index contributed by atoms with van der Waals surface area (Å²) in [5.41, 5.74) is 0. The van der Waals surface area contributed by atoms with Gasteiger partial charge in [-0.15, -0.1) is 11.6 Å². The molecule has 1 atom stereocenters. The first kappa shape index (κ1) is 11.2. The fraction of sp³-hybridized carbons (Fsp3) is 1.00. The van der Waals surface area contributed by atoms with Crippen molar-refractivity contribution < 1.29 is 4.74 Å². The molecule has 0 fully saturated rings. The molecule has 1 unspecified atom stereocenters. The highest BCUT2D eigenvalue weighted by Gasteiger charge is 1.98. The van der Waals surface area contributed by atoms with Crippen molar-refractivity contribution >= 4 is 11.6 Å². The molecule has 0 amide bonds. The van der Waals surface area contributed by atoms with E-state index in [1.807, 2.05) is 0 Å². The predicted molar refractivity (Wildman–Crippen MR) is 50.2 cm³/mol. The predicted octanol–water partition coefficient (Wildman–Crippen LogP) is 3.07. The number of hydrogen-bond donors (Lipinski definition) is 0. The standard InChI is InChI=1S/C9H19ClO/c1-9(8-10)6-4-3-5-7-11-2/h9H,3-8H2,1-2H3. The Kier molecular flexibility index (Phi) is 8.54. The van der Waals surface area contributed by atoms with Gasteiger partial charge in [-0.2, -0.15) is 0 Å². The number of hydrogen-bond acceptors (Lipinski definition) is 1. The molecule has 0 aromatic rings. The molecule has 0 radical (unpaired) electrons. The topological polar surface area (TPSA) is 9.23 Å². The highest BCUT2D eigenvalue weighted by atomic mass is 35.5. The minimum Gasteiger partial charge on any atom is -0.385 e. The molecular formula is C9H19ClO. The van der Waals surface area contributed by atoms with Crippen molar-refractivity contribution in [1.82, 2.24) is 0 Å². The van der Waals surface area contributed by atoms with E-state index >= 15 is 0 Å². The van der Waals surface area contributed by atoms with Crippen molar-refractivity contribution in [1.29, 1.82) is 0 Å². The summed E-state index contributed by atoms with van der Waals surface area (Å²) in [7, 11) is 1.75. The Morgan fingerprint density at radius 1 is 1.27 bits per heavy atom. The second-order valence-electron chi connectivity index (χ2n) is 3.10. The van der Waals surface area contributed by atoms with Crippen LogP contribution in [0.1, 0.15) is 32.6 Å². The molecule has 0 aliphatic heterocycles. The summed E-state index contributed by atoms with van der Waals surface area (Å²) < 4.78 is 4.95. The molecule has 0 aromatic carbocycles. The zero-order valence-corrected chi connectivity index (χ0v) is 8.36. The third kappa shape index (κ3) is 8.15. The van der Waals surface area contributed by atoms with Crippen LogP contribution in [0.4, 0.5) is 0 Å². The molecule has 0 aromatic heterocycles. The van der Waals surface area contributed by atoms with Crippen LogP contribution in [0.2, 0.25) is 0 Å². The van der Waals surface area contributed by atoms with E-state index < -0.39 is 0 Å². The average Bonchev–Trinajstić information content (AvgIpc) is 2.04. The van der Waals surface area contributed by atoms with E-state index in [1.54, 1.807) is 7.11 Å². The van der Waals surface area contributed by atoms with Gasteiger partial charge in [0.25, 0.3) is 0 Å². The summed E-state index contributed by atoms with van der Waals surface area (Å²) in [5, 5.41) is 0. The molecule has 0 saturated carbocycles. The lowest BCUT2D eigenvalue weighted by Gasteiger charge is -2.05. The zero-order valence-electron chi connectivity index (χ0n) is 7.61. The highest BCUT2D eigenvalue weighted by molar-refractivity contribution is 6.18. The highest BCUT2D eigenvalue weighted by Crippen LogP contribution is 2.10. The lowest BCUT2D eigenvalue weighted by molar-refractivity contribution is 0.191. The normalized spacial score (nSPS) is 13.4. The molecule has 2 heteroatoms. The third-order valence-electron chi connectivity index (χ3n) is 1.81. The second kappa shape index (κ2) is 8.35. The van der Waals surface area contributed by atoms with Crippen LogP contribution in [-0.2, 0) is 4.74 Å². The van der Waals surface area contributed by atoms with Gasteiger partial charge in [-0.3, -0.25) is 0 Å². The molecule has 0 rings (SSSR count). The van der Waals surface area contributed by atoms with Gasteiger partial charge in [0.2, 0.25) is 0 Å². The molecule has 1 nitrogen and oxygen atoms in total. The molecule has 0 heterocycles. The summed E-state index contributed by atoms with van der Waals surface area (Å²) in [6.45, 7) is 3.10. The zero-order chi connectivity index (χ0) is 8.53. The van der Waals surface area contributed by atoms with Crippen LogP contribution in [0, 0.1) is 5.92 Å². The molecule has 11 heavy (non-hydrogen) atoms. The largest absolute Gasteiger partial charge is 0.385 e. The molecule has 0 N–H and O–H groups in total. The lowest BCUT2D eigenvalue weighted by Crippen LogP contribution is -1.96. The summed E-state index contributed by atoms with van der Waals surface area (Å²) >= 11 is 5.67. The van der Waals surface area contributed by atoms with E-state index in [4.69, 9.17) is 16.3 Å². The third-order valence-corrected chi connectivity index (χ3v) is 2.34. The van der Waals surface area contributed by atoms with Crippen LogP contribution in [0.25, 0.3) is 0 Å². The van der Waals surface area contributed by atoms with E-state index in [1.165, 1.54) is 25.7 Å². The maximum atomic E-state index is 5.67. The minimum absolute atomic E-state index is 0.680. The van der Waals surface area contributed by atoms with Crippen LogP contribution in [0.3, 0.4) is 0 Å². The Hall–Kier alpha value is 0.250. The van der Waals surface area contributed by atoms with Gasteiger partial charge in [0.15, 0.2) is 0 Å². The van der Waals surface area contributed by atoms with Gasteiger partial charge >= 0.3 is 0 Å². The van der Waals surface area contributed by atoms with Gasteiger partial charge in [-0.25, -0.2) is 0 Å². The summed E-state index contributed by atoms with van der Waals surface area (Å²) in [4.78, 5) is 0. The Labute approximate surface area is 75.1 Å². The Morgan fingerprint density at radius 3 is 2.55 bits per heavy atom. The van der Waals surface area contributed by atoms with Crippen molar-refractivity contribution in [3.05, 3.63) is 0 Å². The summed E-state index contributed by atoms with van der Waals surface area (Å²) in [6.07, 6.45) is 5.00. The molecule has 0 bridgehead atoms. The Bertz CT molecular complexity index is 76.0. The van der Waals surface area contributed by atoms with Gasteiger partial charge in [0.1, 0.15) is 0 Å². The number of alkyl halides is 1. The first-order chi connectivity index (χ1) is 5.31. The van der Waals surface area contributed by atoms with E-state index in [0.717, 1.165) is 12.5 Å². The quantitative estimate of drug-likeness (QED) is 0.430. The summed E-state index contributed by atoms with van der Waals surface area (Å²) in [5.74, 6) is 1.48. The van der Waals surface area contributed by atoms with Gasteiger partial charge in [-0.1, -0.05) is 19.8 Å². The van der Waals surface area contributed by atoms with Gasteiger partial charge < -0.3 is 4.74 Å². The smallest absolute Gasteiger partial charge is 0.0462 e. The second-order valence-corrected chi connectivity index (χ2v) is 3.41. The van der Waals surface area contributed by atoms with Crippen LogP contribution >= 0.6 is 11.6 Å². The van der Waals surface area contributed by atoms with Crippen molar-refractivity contribution in [2.45, 2.75) is 32.6 Å². The maximum Gasteiger partial charge on any atom is 0.0462 e. The van der Waals surface area contributed by atoms with E-state index in [9.17, 15) is 0 Å². The fourth-order valence-corrected chi connectivity index (χ4v) is 1.15. The van der Waals surface area contributed by atoms with Crippen molar-refractivity contribution in [3.8, 4) is 0 Å². The molecule has 0 aliphatic rings.